The maximum absolute atomic E-state index is 13.1. The van der Waals surface area contributed by atoms with E-state index in [1.807, 2.05) is 25.1 Å². The Morgan fingerprint density at radius 2 is 2.29 bits per heavy atom. The molecule has 1 rings (SSSR count). The lowest BCUT2D eigenvalue weighted by atomic mass is 10.2. The Morgan fingerprint density at radius 3 is 2.93 bits per heavy atom. The molecule has 0 bridgehead atoms. The summed E-state index contributed by atoms with van der Waals surface area (Å²) in [5, 5.41) is 3.15. The Kier molecular flexibility index (Phi) is 4.84. The lowest BCUT2D eigenvalue weighted by Crippen LogP contribution is -2.11. The molecule has 76 valence electrons. The van der Waals surface area contributed by atoms with Gasteiger partial charge >= 0.3 is 0 Å². The van der Waals surface area contributed by atoms with Gasteiger partial charge in [-0.15, -0.1) is 0 Å². The highest BCUT2D eigenvalue weighted by atomic mass is 79.9. The Balaban J connectivity index is 2.59. The van der Waals surface area contributed by atoms with Gasteiger partial charge < -0.3 is 5.32 Å². The van der Waals surface area contributed by atoms with Crippen LogP contribution >= 0.6 is 15.9 Å². The van der Waals surface area contributed by atoms with Crippen molar-refractivity contribution >= 4 is 22.0 Å². The minimum Gasteiger partial charge on any atom is -0.314 e. The van der Waals surface area contributed by atoms with Crippen LogP contribution in [0.2, 0.25) is 0 Å². The van der Waals surface area contributed by atoms with Gasteiger partial charge in [-0.1, -0.05) is 25.1 Å². The molecule has 0 fully saturated rings. The van der Waals surface area contributed by atoms with Crippen LogP contribution in [0.4, 0.5) is 4.39 Å². The van der Waals surface area contributed by atoms with Crippen molar-refractivity contribution in [2.45, 2.75) is 6.92 Å². The molecule has 0 aliphatic heterocycles. The highest BCUT2D eigenvalue weighted by Gasteiger charge is 1.97. The average Bonchev–Trinajstić information content (AvgIpc) is 2.18. The van der Waals surface area contributed by atoms with Gasteiger partial charge in [0.1, 0.15) is 5.82 Å². The molecule has 3 heteroatoms. The van der Waals surface area contributed by atoms with Gasteiger partial charge in [-0.2, -0.15) is 0 Å². The lowest BCUT2D eigenvalue weighted by molar-refractivity contribution is 0.621. The first-order valence-electron chi connectivity index (χ1n) is 4.56. The molecular weight excluding hydrogens is 245 g/mol. The molecule has 0 atom stereocenters. The maximum atomic E-state index is 13.1. The first kappa shape index (κ1) is 11.4. The monoisotopic (exact) mass is 257 g/mol. The van der Waals surface area contributed by atoms with E-state index in [0.29, 0.717) is 4.47 Å². The third kappa shape index (κ3) is 3.60. The number of hydrogen-bond donors (Lipinski definition) is 1. The van der Waals surface area contributed by atoms with Gasteiger partial charge in [-0.25, -0.2) is 4.39 Å². The van der Waals surface area contributed by atoms with Crippen molar-refractivity contribution < 1.29 is 4.39 Å². The van der Waals surface area contributed by atoms with E-state index in [9.17, 15) is 4.39 Å². The number of likely N-dealkylation sites (N-methyl/N-ethyl adjacent to an activating group) is 1. The summed E-state index contributed by atoms with van der Waals surface area (Å²) in [7, 11) is 0. The number of nitrogens with one attached hydrogen (secondary N) is 1. The van der Waals surface area contributed by atoms with Crippen molar-refractivity contribution in [2.24, 2.45) is 0 Å². The minimum absolute atomic E-state index is 0.226. The summed E-state index contributed by atoms with van der Waals surface area (Å²) >= 11 is 3.11. The van der Waals surface area contributed by atoms with E-state index in [1.165, 1.54) is 6.07 Å². The highest BCUT2D eigenvalue weighted by Crippen LogP contribution is 2.16. The number of halogens is 2. The summed E-state index contributed by atoms with van der Waals surface area (Å²) in [4.78, 5) is 0. The van der Waals surface area contributed by atoms with Crippen LogP contribution in [0.1, 0.15) is 12.5 Å². The van der Waals surface area contributed by atoms with Crippen LogP contribution in [-0.2, 0) is 0 Å². The minimum atomic E-state index is -0.226. The van der Waals surface area contributed by atoms with Crippen LogP contribution in [0.15, 0.2) is 28.7 Å². The molecular formula is C11H13BrFN. The Labute approximate surface area is 92.1 Å². The Morgan fingerprint density at radius 1 is 1.50 bits per heavy atom. The molecule has 1 N–H and O–H groups in total. The van der Waals surface area contributed by atoms with Gasteiger partial charge in [0.25, 0.3) is 0 Å². The topological polar surface area (TPSA) is 12.0 Å². The van der Waals surface area contributed by atoms with Crippen molar-refractivity contribution in [1.29, 1.82) is 0 Å². The molecule has 0 saturated heterocycles. The van der Waals surface area contributed by atoms with Gasteiger partial charge in [-0.05, 0) is 40.2 Å². The summed E-state index contributed by atoms with van der Waals surface area (Å²) in [6, 6.07) is 5.09. The predicted octanol–water partition coefficient (Wildman–Crippen LogP) is 3.21. The fourth-order valence-corrected chi connectivity index (χ4v) is 1.29. The van der Waals surface area contributed by atoms with Crippen LogP contribution in [0.25, 0.3) is 6.08 Å². The third-order valence-electron chi connectivity index (χ3n) is 1.77. The molecule has 0 unspecified atom stereocenters. The second-order valence-corrected chi connectivity index (χ2v) is 3.74. The van der Waals surface area contributed by atoms with E-state index in [-0.39, 0.29) is 5.82 Å². The first-order chi connectivity index (χ1) is 6.74. The van der Waals surface area contributed by atoms with E-state index in [4.69, 9.17) is 0 Å². The zero-order valence-electron chi connectivity index (χ0n) is 8.06. The van der Waals surface area contributed by atoms with E-state index in [1.54, 1.807) is 6.07 Å². The van der Waals surface area contributed by atoms with Crippen molar-refractivity contribution in [2.75, 3.05) is 13.1 Å². The SMILES string of the molecule is CCNC/C=C/c1ccc(Br)c(F)c1. The fraction of sp³-hybridized carbons (Fsp3) is 0.273. The van der Waals surface area contributed by atoms with Gasteiger partial charge in [-0.3, -0.25) is 0 Å². The van der Waals surface area contributed by atoms with E-state index in [2.05, 4.69) is 21.2 Å². The fourth-order valence-electron chi connectivity index (χ4n) is 1.04. The van der Waals surface area contributed by atoms with Crippen molar-refractivity contribution in [3.05, 3.63) is 40.1 Å². The second kappa shape index (κ2) is 5.94. The molecule has 0 spiro atoms. The van der Waals surface area contributed by atoms with Crippen LogP contribution in [0, 0.1) is 5.82 Å². The summed E-state index contributed by atoms with van der Waals surface area (Å²) in [5.74, 6) is -0.226. The molecule has 0 heterocycles. The van der Waals surface area contributed by atoms with Crippen LogP contribution in [0.3, 0.4) is 0 Å². The van der Waals surface area contributed by atoms with Crippen LogP contribution in [0.5, 0.6) is 0 Å². The zero-order chi connectivity index (χ0) is 10.4. The summed E-state index contributed by atoms with van der Waals surface area (Å²) in [6.45, 7) is 3.81. The Bertz CT molecular complexity index is 323. The first-order valence-corrected chi connectivity index (χ1v) is 5.35. The lowest BCUT2D eigenvalue weighted by Gasteiger charge is -1.97. The summed E-state index contributed by atoms with van der Waals surface area (Å²) in [5.41, 5.74) is 0.878. The van der Waals surface area contributed by atoms with Crippen molar-refractivity contribution in [3.63, 3.8) is 0 Å². The maximum Gasteiger partial charge on any atom is 0.137 e. The van der Waals surface area contributed by atoms with Crippen molar-refractivity contribution in [3.8, 4) is 0 Å². The van der Waals surface area contributed by atoms with Gasteiger partial charge in [0.2, 0.25) is 0 Å². The normalized spacial score (nSPS) is 11.1. The van der Waals surface area contributed by atoms with Gasteiger partial charge in [0.15, 0.2) is 0 Å². The molecule has 0 amide bonds. The third-order valence-corrected chi connectivity index (χ3v) is 2.41. The average molecular weight is 258 g/mol. The number of hydrogen-bond acceptors (Lipinski definition) is 1. The number of benzene rings is 1. The van der Waals surface area contributed by atoms with Gasteiger partial charge in [0.05, 0.1) is 4.47 Å². The van der Waals surface area contributed by atoms with E-state index >= 15 is 0 Å². The molecule has 0 aliphatic carbocycles. The molecule has 1 aromatic rings. The number of rotatable bonds is 4. The summed E-state index contributed by atoms with van der Waals surface area (Å²) in [6.07, 6.45) is 3.88. The van der Waals surface area contributed by atoms with E-state index < -0.39 is 0 Å². The summed E-state index contributed by atoms with van der Waals surface area (Å²) < 4.78 is 13.6. The molecule has 14 heavy (non-hydrogen) atoms. The zero-order valence-corrected chi connectivity index (χ0v) is 9.64. The van der Waals surface area contributed by atoms with Crippen molar-refractivity contribution in [1.82, 2.24) is 5.32 Å². The smallest absolute Gasteiger partial charge is 0.137 e. The standard InChI is InChI=1S/C11H13BrFN/c1-2-14-7-3-4-9-5-6-10(12)11(13)8-9/h3-6,8,14H,2,7H2,1H3/b4-3+. The molecule has 0 radical (unpaired) electrons. The molecule has 0 aliphatic rings. The van der Waals surface area contributed by atoms with Gasteiger partial charge in [0, 0.05) is 6.54 Å². The quantitative estimate of drug-likeness (QED) is 0.818. The highest BCUT2D eigenvalue weighted by molar-refractivity contribution is 9.10. The molecule has 1 nitrogen and oxygen atoms in total. The van der Waals surface area contributed by atoms with E-state index in [0.717, 1.165) is 18.7 Å². The predicted molar refractivity (Wildman–Crippen MR) is 61.7 cm³/mol. The molecule has 0 saturated carbocycles. The van der Waals surface area contributed by atoms with Crippen LogP contribution in [-0.4, -0.2) is 13.1 Å². The molecule has 1 aromatic carbocycles. The van der Waals surface area contributed by atoms with Crippen LogP contribution < -0.4 is 5.32 Å². The second-order valence-electron chi connectivity index (χ2n) is 2.88. The largest absolute Gasteiger partial charge is 0.314 e. The Hall–Kier alpha value is -0.670. The molecule has 0 aromatic heterocycles.